The predicted molar refractivity (Wildman–Crippen MR) is 76.3 cm³/mol. The van der Waals surface area contributed by atoms with Crippen molar-refractivity contribution in [1.29, 1.82) is 0 Å². The number of hydrogen-bond acceptors (Lipinski definition) is 1. The standard InChI is InChI=1S/C15H10ClF3N2/c1-8-2-4-10(11(16)6-8)14-20-12-5-3-9(15(17,18)19)7-13(12)21-14/h2-7H,1H3,(H,20,21). The van der Waals surface area contributed by atoms with Crippen molar-refractivity contribution in [2.45, 2.75) is 13.1 Å². The van der Waals surface area contributed by atoms with E-state index in [-0.39, 0.29) is 0 Å². The molecule has 0 bridgehead atoms. The minimum atomic E-state index is -4.37. The number of hydrogen-bond donors (Lipinski definition) is 1. The summed E-state index contributed by atoms with van der Waals surface area (Å²) in [5, 5.41) is 0.505. The van der Waals surface area contributed by atoms with Crippen molar-refractivity contribution in [2.75, 3.05) is 0 Å². The third-order valence-electron chi connectivity index (χ3n) is 3.19. The predicted octanol–water partition coefficient (Wildman–Crippen LogP) is 5.21. The fourth-order valence-electron chi connectivity index (χ4n) is 2.13. The number of rotatable bonds is 1. The topological polar surface area (TPSA) is 28.7 Å². The van der Waals surface area contributed by atoms with Crippen LogP contribution >= 0.6 is 11.6 Å². The second-order valence-electron chi connectivity index (χ2n) is 4.80. The van der Waals surface area contributed by atoms with E-state index in [0.717, 1.165) is 17.7 Å². The van der Waals surface area contributed by atoms with Gasteiger partial charge >= 0.3 is 6.18 Å². The number of benzene rings is 2. The Labute approximate surface area is 123 Å². The number of aromatic nitrogens is 2. The number of aromatic amines is 1. The smallest absolute Gasteiger partial charge is 0.338 e. The Bertz CT molecular complexity index is 821. The summed E-state index contributed by atoms with van der Waals surface area (Å²) in [6.45, 7) is 1.91. The molecule has 2 aromatic carbocycles. The molecule has 0 radical (unpaired) electrons. The SMILES string of the molecule is Cc1ccc(-c2nc3ccc(C(F)(F)F)cc3[nH]2)c(Cl)c1. The molecule has 0 aliphatic heterocycles. The van der Waals surface area contributed by atoms with Gasteiger partial charge in [-0.25, -0.2) is 4.98 Å². The van der Waals surface area contributed by atoms with Gasteiger partial charge in [0.15, 0.2) is 0 Å². The Morgan fingerprint density at radius 3 is 2.52 bits per heavy atom. The Morgan fingerprint density at radius 2 is 1.86 bits per heavy atom. The maximum atomic E-state index is 12.7. The molecule has 3 aromatic rings. The van der Waals surface area contributed by atoms with Crippen molar-refractivity contribution in [2.24, 2.45) is 0 Å². The van der Waals surface area contributed by atoms with Crippen LogP contribution in [0.3, 0.4) is 0 Å². The highest BCUT2D eigenvalue weighted by molar-refractivity contribution is 6.33. The molecule has 21 heavy (non-hydrogen) atoms. The second-order valence-corrected chi connectivity index (χ2v) is 5.21. The molecule has 1 N–H and O–H groups in total. The number of nitrogens with zero attached hydrogens (tertiary/aromatic N) is 1. The summed E-state index contributed by atoms with van der Waals surface area (Å²) in [4.78, 5) is 7.18. The fraction of sp³-hybridized carbons (Fsp3) is 0.133. The van der Waals surface area contributed by atoms with E-state index in [9.17, 15) is 13.2 Å². The third kappa shape index (κ3) is 2.61. The van der Waals surface area contributed by atoms with Crippen LogP contribution in [0.1, 0.15) is 11.1 Å². The molecule has 3 rings (SSSR count). The lowest BCUT2D eigenvalue weighted by atomic mass is 10.1. The average Bonchev–Trinajstić information content (AvgIpc) is 2.79. The number of imidazole rings is 1. The Balaban J connectivity index is 2.13. The van der Waals surface area contributed by atoms with Gasteiger partial charge in [-0.15, -0.1) is 0 Å². The van der Waals surface area contributed by atoms with Crippen LogP contribution in [0.4, 0.5) is 13.2 Å². The first kappa shape index (κ1) is 13.9. The first-order chi connectivity index (χ1) is 9.84. The first-order valence-corrected chi connectivity index (χ1v) is 6.56. The Morgan fingerprint density at radius 1 is 1.10 bits per heavy atom. The van der Waals surface area contributed by atoms with Crippen molar-refractivity contribution < 1.29 is 13.2 Å². The van der Waals surface area contributed by atoms with Gasteiger partial charge in [0.1, 0.15) is 5.82 Å². The maximum absolute atomic E-state index is 12.7. The van der Waals surface area contributed by atoms with E-state index < -0.39 is 11.7 Å². The van der Waals surface area contributed by atoms with Crippen LogP contribution < -0.4 is 0 Å². The highest BCUT2D eigenvalue weighted by Crippen LogP contribution is 2.33. The van der Waals surface area contributed by atoms with E-state index in [0.29, 0.717) is 27.4 Å². The molecule has 0 atom stereocenters. The van der Waals surface area contributed by atoms with Gasteiger partial charge < -0.3 is 4.98 Å². The molecule has 2 nitrogen and oxygen atoms in total. The first-order valence-electron chi connectivity index (χ1n) is 6.18. The van der Waals surface area contributed by atoms with Crippen LogP contribution in [-0.4, -0.2) is 9.97 Å². The molecular formula is C15H10ClF3N2. The van der Waals surface area contributed by atoms with Gasteiger partial charge in [-0.3, -0.25) is 0 Å². The molecule has 1 heterocycles. The summed E-state index contributed by atoms with van der Waals surface area (Å²) in [6, 6.07) is 8.86. The van der Waals surface area contributed by atoms with Crippen LogP contribution in [0.5, 0.6) is 0 Å². The van der Waals surface area contributed by atoms with E-state index in [2.05, 4.69) is 9.97 Å². The van der Waals surface area contributed by atoms with E-state index in [1.54, 1.807) is 12.1 Å². The normalized spacial score (nSPS) is 12.0. The molecule has 108 valence electrons. The van der Waals surface area contributed by atoms with Gasteiger partial charge in [0, 0.05) is 5.56 Å². The summed E-state index contributed by atoms with van der Waals surface area (Å²) in [5.41, 5.74) is 1.75. The summed E-state index contributed by atoms with van der Waals surface area (Å²) in [6.07, 6.45) is -4.37. The zero-order valence-corrected chi connectivity index (χ0v) is 11.7. The molecular weight excluding hydrogens is 301 g/mol. The highest BCUT2D eigenvalue weighted by Gasteiger charge is 2.30. The fourth-order valence-corrected chi connectivity index (χ4v) is 2.45. The van der Waals surface area contributed by atoms with Crippen LogP contribution in [0.2, 0.25) is 5.02 Å². The second kappa shape index (κ2) is 4.77. The van der Waals surface area contributed by atoms with E-state index in [4.69, 9.17) is 11.6 Å². The number of alkyl halides is 3. The molecule has 0 saturated heterocycles. The van der Waals surface area contributed by atoms with Crippen LogP contribution in [-0.2, 0) is 6.18 Å². The minimum Gasteiger partial charge on any atom is -0.338 e. The van der Waals surface area contributed by atoms with Gasteiger partial charge in [-0.1, -0.05) is 17.7 Å². The minimum absolute atomic E-state index is 0.330. The van der Waals surface area contributed by atoms with Crippen LogP contribution in [0, 0.1) is 6.92 Å². The van der Waals surface area contributed by atoms with Crippen LogP contribution in [0.15, 0.2) is 36.4 Å². The number of nitrogens with one attached hydrogen (secondary N) is 1. The number of fused-ring (bicyclic) bond motifs is 1. The molecule has 0 unspecified atom stereocenters. The highest BCUT2D eigenvalue weighted by atomic mass is 35.5. The van der Waals surface area contributed by atoms with Crippen molar-refractivity contribution >= 4 is 22.6 Å². The Kier molecular flexibility index (Phi) is 3.17. The molecule has 0 fully saturated rings. The maximum Gasteiger partial charge on any atom is 0.416 e. The molecule has 6 heteroatoms. The lowest BCUT2D eigenvalue weighted by molar-refractivity contribution is -0.137. The number of H-pyrrole nitrogens is 1. The van der Waals surface area contributed by atoms with Gasteiger partial charge in [0.05, 0.1) is 21.6 Å². The van der Waals surface area contributed by atoms with Crippen molar-refractivity contribution in [1.82, 2.24) is 9.97 Å². The lowest BCUT2D eigenvalue weighted by Gasteiger charge is -2.05. The summed E-state index contributed by atoms with van der Waals surface area (Å²) >= 11 is 6.16. The zero-order valence-electron chi connectivity index (χ0n) is 10.9. The van der Waals surface area contributed by atoms with E-state index in [1.165, 1.54) is 6.07 Å². The van der Waals surface area contributed by atoms with Gasteiger partial charge in [0.2, 0.25) is 0 Å². The summed E-state index contributed by atoms with van der Waals surface area (Å²) < 4.78 is 38.1. The molecule has 0 aliphatic rings. The quantitative estimate of drug-likeness (QED) is 0.656. The average molecular weight is 311 g/mol. The van der Waals surface area contributed by atoms with E-state index in [1.807, 2.05) is 13.0 Å². The third-order valence-corrected chi connectivity index (χ3v) is 3.50. The van der Waals surface area contributed by atoms with Gasteiger partial charge in [0.25, 0.3) is 0 Å². The molecule has 1 aromatic heterocycles. The number of halogens is 4. The summed E-state index contributed by atoms with van der Waals surface area (Å²) in [7, 11) is 0. The monoisotopic (exact) mass is 310 g/mol. The molecule has 0 saturated carbocycles. The molecule has 0 amide bonds. The van der Waals surface area contributed by atoms with Crippen LogP contribution in [0.25, 0.3) is 22.4 Å². The molecule has 0 aliphatic carbocycles. The van der Waals surface area contributed by atoms with Crippen molar-refractivity contribution in [3.8, 4) is 11.4 Å². The van der Waals surface area contributed by atoms with Crippen molar-refractivity contribution in [3.05, 3.63) is 52.5 Å². The van der Waals surface area contributed by atoms with Gasteiger partial charge in [-0.2, -0.15) is 13.2 Å². The Hall–Kier alpha value is -2.01. The lowest BCUT2D eigenvalue weighted by Crippen LogP contribution is -2.04. The van der Waals surface area contributed by atoms with Crippen molar-refractivity contribution in [3.63, 3.8) is 0 Å². The largest absolute Gasteiger partial charge is 0.416 e. The van der Waals surface area contributed by atoms with E-state index >= 15 is 0 Å². The molecule has 0 spiro atoms. The number of aryl methyl sites for hydroxylation is 1. The van der Waals surface area contributed by atoms with Gasteiger partial charge in [-0.05, 0) is 42.8 Å². The zero-order chi connectivity index (χ0) is 15.2. The summed E-state index contributed by atoms with van der Waals surface area (Å²) in [5.74, 6) is 0.453.